The van der Waals surface area contributed by atoms with Crippen molar-refractivity contribution in [3.8, 4) is 5.75 Å². The van der Waals surface area contributed by atoms with Crippen LogP contribution in [0.25, 0.3) is 10.9 Å². The van der Waals surface area contributed by atoms with E-state index in [0.29, 0.717) is 0 Å². The maximum absolute atomic E-state index is 12.5. The van der Waals surface area contributed by atoms with E-state index in [2.05, 4.69) is 24.9 Å². The Labute approximate surface area is 132 Å². The van der Waals surface area contributed by atoms with Crippen LogP contribution in [0.15, 0.2) is 23.0 Å². The van der Waals surface area contributed by atoms with Crippen molar-refractivity contribution < 1.29 is 4.74 Å². The van der Waals surface area contributed by atoms with E-state index in [1.165, 1.54) is 18.4 Å². The lowest BCUT2D eigenvalue weighted by atomic mass is 9.95. The van der Waals surface area contributed by atoms with Crippen LogP contribution in [0, 0.1) is 0 Å². The molecule has 0 saturated carbocycles. The van der Waals surface area contributed by atoms with Gasteiger partial charge in [0.15, 0.2) is 0 Å². The molecule has 1 heterocycles. The molecule has 22 heavy (non-hydrogen) atoms. The molecular weight excluding hydrogens is 274 g/mol. The molecule has 0 aliphatic heterocycles. The Morgan fingerprint density at radius 2 is 1.73 bits per heavy atom. The largest absolute Gasteiger partial charge is 0.495 e. The van der Waals surface area contributed by atoms with Crippen LogP contribution in [-0.4, -0.2) is 12.1 Å². The van der Waals surface area contributed by atoms with Gasteiger partial charge < -0.3 is 9.72 Å². The summed E-state index contributed by atoms with van der Waals surface area (Å²) in [4.78, 5) is 15.6. The number of ether oxygens (including phenoxy) is 1. The van der Waals surface area contributed by atoms with Gasteiger partial charge in [0.25, 0.3) is 5.56 Å². The molecule has 0 aliphatic rings. The summed E-state index contributed by atoms with van der Waals surface area (Å²) < 4.78 is 5.41. The molecular formula is C19H27NO2. The molecule has 0 fully saturated rings. The van der Waals surface area contributed by atoms with Gasteiger partial charge in [0.1, 0.15) is 5.75 Å². The molecule has 0 bridgehead atoms. The SMILES string of the molecule is CCCCCc1c(CCCC)c(=O)[nH]c2c(OC)cccc12. The van der Waals surface area contributed by atoms with Crippen LogP contribution < -0.4 is 10.3 Å². The van der Waals surface area contributed by atoms with Gasteiger partial charge in [-0.15, -0.1) is 0 Å². The Balaban J connectivity index is 2.57. The Kier molecular flexibility index (Phi) is 6.05. The lowest BCUT2D eigenvalue weighted by Crippen LogP contribution is -2.17. The number of hydrogen-bond acceptors (Lipinski definition) is 2. The summed E-state index contributed by atoms with van der Waals surface area (Å²) in [5.41, 5.74) is 3.08. The highest BCUT2D eigenvalue weighted by Gasteiger charge is 2.14. The van der Waals surface area contributed by atoms with Crippen LogP contribution in [0.5, 0.6) is 5.75 Å². The molecule has 3 heteroatoms. The second-order valence-corrected chi connectivity index (χ2v) is 5.85. The summed E-state index contributed by atoms with van der Waals surface area (Å²) in [5.74, 6) is 0.744. The minimum Gasteiger partial charge on any atom is -0.495 e. The molecule has 0 atom stereocenters. The van der Waals surface area contributed by atoms with Crippen LogP contribution in [0.4, 0.5) is 0 Å². The van der Waals surface area contributed by atoms with Gasteiger partial charge in [-0.25, -0.2) is 0 Å². The van der Waals surface area contributed by atoms with Crippen LogP contribution in [-0.2, 0) is 12.8 Å². The molecule has 0 saturated heterocycles. The predicted octanol–water partition coefficient (Wildman–Crippen LogP) is 4.61. The molecule has 0 radical (unpaired) electrons. The van der Waals surface area contributed by atoms with E-state index >= 15 is 0 Å². The molecule has 2 rings (SSSR count). The second-order valence-electron chi connectivity index (χ2n) is 5.85. The zero-order valence-electron chi connectivity index (χ0n) is 14.0. The number of hydrogen-bond donors (Lipinski definition) is 1. The third-order valence-electron chi connectivity index (χ3n) is 4.26. The third kappa shape index (κ3) is 3.52. The topological polar surface area (TPSA) is 42.1 Å². The van der Waals surface area contributed by atoms with Crippen LogP contribution in [0.1, 0.15) is 57.1 Å². The summed E-state index contributed by atoms with van der Waals surface area (Å²) >= 11 is 0. The van der Waals surface area contributed by atoms with Gasteiger partial charge in [0, 0.05) is 10.9 Å². The van der Waals surface area contributed by atoms with E-state index in [0.717, 1.165) is 54.3 Å². The first-order valence-corrected chi connectivity index (χ1v) is 8.43. The fourth-order valence-electron chi connectivity index (χ4n) is 3.03. The molecule has 0 spiro atoms. The van der Waals surface area contributed by atoms with Gasteiger partial charge >= 0.3 is 0 Å². The van der Waals surface area contributed by atoms with Gasteiger partial charge in [0.2, 0.25) is 0 Å². The van der Waals surface area contributed by atoms with Crippen molar-refractivity contribution in [1.82, 2.24) is 4.98 Å². The Hall–Kier alpha value is -1.77. The maximum Gasteiger partial charge on any atom is 0.251 e. The lowest BCUT2D eigenvalue weighted by Gasteiger charge is -2.14. The Morgan fingerprint density at radius 3 is 2.41 bits per heavy atom. The number of benzene rings is 1. The summed E-state index contributed by atoms with van der Waals surface area (Å²) in [6, 6.07) is 6.01. The first kappa shape index (κ1) is 16.6. The number of para-hydroxylation sites is 1. The predicted molar refractivity (Wildman–Crippen MR) is 93.0 cm³/mol. The number of methoxy groups -OCH3 is 1. The average Bonchev–Trinajstić information content (AvgIpc) is 2.53. The summed E-state index contributed by atoms with van der Waals surface area (Å²) in [7, 11) is 1.65. The van der Waals surface area contributed by atoms with Crippen molar-refractivity contribution in [2.45, 2.75) is 58.8 Å². The first-order valence-electron chi connectivity index (χ1n) is 8.43. The lowest BCUT2D eigenvalue weighted by molar-refractivity contribution is 0.418. The van der Waals surface area contributed by atoms with Crippen molar-refractivity contribution >= 4 is 10.9 Å². The molecule has 3 nitrogen and oxygen atoms in total. The highest BCUT2D eigenvalue weighted by molar-refractivity contribution is 5.88. The van der Waals surface area contributed by atoms with Crippen molar-refractivity contribution in [3.05, 3.63) is 39.7 Å². The standard InChI is InChI=1S/C19H27NO2/c1-4-6-8-11-14-15-12-9-13-17(22-3)18(15)20-19(21)16(14)10-7-5-2/h9,12-13H,4-8,10-11H2,1-3H3,(H,20,21). The highest BCUT2D eigenvalue weighted by Crippen LogP contribution is 2.28. The third-order valence-corrected chi connectivity index (χ3v) is 4.26. The summed E-state index contributed by atoms with van der Waals surface area (Å²) in [5, 5.41) is 1.14. The number of rotatable bonds is 8. The molecule has 1 aromatic heterocycles. The van der Waals surface area contributed by atoms with E-state index in [-0.39, 0.29) is 5.56 Å². The first-order chi connectivity index (χ1) is 10.7. The van der Waals surface area contributed by atoms with Gasteiger partial charge in [-0.2, -0.15) is 0 Å². The average molecular weight is 301 g/mol. The molecule has 120 valence electrons. The van der Waals surface area contributed by atoms with Crippen molar-refractivity contribution in [3.63, 3.8) is 0 Å². The van der Waals surface area contributed by atoms with Gasteiger partial charge in [-0.05, 0) is 37.3 Å². The summed E-state index contributed by atoms with van der Waals surface area (Å²) in [6.07, 6.45) is 7.51. The van der Waals surface area contributed by atoms with Gasteiger partial charge in [0.05, 0.1) is 12.6 Å². The van der Waals surface area contributed by atoms with Gasteiger partial charge in [-0.3, -0.25) is 4.79 Å². The van der Waals surface area contributed by atoms with Crippen LogP contribution in [0.2, 0.25) is 0 Å². The van der Waals surface area contributed by atoms with Crippen molar-refractivity contribution in [2.75, 3.05) is 7.11 Å². The Morgan fingerprint density at radius 1 is 1.00 bits per heavy atom. The quantitative estimate of drug-likeness (QED) is 0.723. The minimum absolute atomic E-state index is 0.0527. The van der Waals surface area contributed by atoms with Crippen LogP contribution in [0.3, 0.4) is 0 Å². The number of H-pyrrole nitrogens is 1. The van der Waals surface area contributed by atoms with E-state index in [9.17, 15) is 4.79 Å². The van der Waals surface area contributed by atoms with Crippen LogP contribution >= 0.6 is 0 Å². The monoisotopic (exact) mass is 301 g/mol. The smallest absolute Gasteiger partial charge is 0.251 e. The molecule has 1 N–H and O–H groups in total. The molecule has 0 unspecified atom stereocenters. The molecule has 1 aromatic carbocycles. The molecule has 0 aliphatic carbocycles. The molecule has 2 aromatic rings. The number of aromatic nitrogens is 1. The number of nitrogens with one attached hydrogen (secondary N) is 1. The van der Waals surface area contributed by atoms with Gasteiger partial charge in [-0.1, -0.05) is 45.2 Å². The Bertz CT molecular complexity index is 673. The van der Waals surface area contributed by atoms with E-state index in [1.807, 2.05) is 12.1 Å². The number of unbranched alkanes of at least 4 members (excludes halogenated alkanes) is 3. The fraction of sp³-hybridized carbons (Fsp3) is 0.526. The van der Waals surface area contributed by atoms with E-state index < -0.39 is 0 Å². The second kappa shape index (κ2) is 8.02. The maximum atomic E-state index is 12.5. The number of fused-ring (bicyclic) bond motifs is 1. The van der Waals surface area contributed by atoms with E-state index in [4.69, 9.17) is 4.74 Å². The van der Waals surface area contributed by atoms with Crippen molar-refractivity contribution in [1.29, 1.82) is 0 Å². The zero-order chi connectivity index (χ0) is 15.9. The number of aromatic amines is 1. The highest BCUT2D eigenvalue weighted by atomic mass is 16.5. The number of aryl methyl sites for hydroxylation is 1. The molecule has 0 amide bonds. The fourth-order valence-corrected chi connectivity index (χ4v) is 3.03. The number of pyridine rings is 1. The normalized spacial score (nSPS) is 11.0. The summed E-state index contributed by atoms with van der Waals surface area (Å²) in [6.45, 7) is 4.37. The zero-order valence-corrected chi connectivity index (χ0v) is 14.0. The minimum atomic E-state index is 0.0527. The van der Waals surface area contributed by atoms with Crippen molar-refractivity contribution in [2.24, 2.45) is 0 Å². The van der Waals surface area contributed by atoms with E-state index in [1.54, 1.807) is 7.11 Å².